The van der Waals surface area contributed by atoms with Crippen molar-refractivity contribution in [2.45, 2.75) is 105 Å². The van der Waals surface area contributed by atoms with Gasteiger partial charge in [0.05, 0.1) is 22.7 Å². The largest absolute Gasteiger partial charge is 0.307 e. The Kier molecular flexibility index (Phi) is 14.0. The van der Waals surface area contributed by atoms with E-state index in [0.717, 1.165) is 111 Å². The Morgan fingerprint density at radius 2 is 0.560 bits per heavy atom. The lowest BCUT2D eigenvalue weighted by atomic mass is 9.84. The monoisotopic (exact) mass is 1100 g/mol. The molecule has 84 heavy (non-hydrogen) atoms. The fraction of sp³-hybridized carbons (Fsp3) is 0.200. The molecule has 0 unspecified atom stereocenters. The Bertz CT molecular complexity index is 4150. The van der Waals surface area contributed by atoms with Gasteiger partial charge in [-0.2, -0.15) is 0 Å². The van der Waals surface area contributed by atoms with Crippen LogP contribution in [-0.2, 0) is 21.7 Å². The number of anilines is 6. The molecule has 0 spiro atoms. The van der Waals surface area contributed by atoms with Crippen LogP contribution in [0.2, 0.25) is 0 Å². The third-order valence-electron chi connectivity index (χ3n) is 17.0. The number of halogens is 2. The molecule has 0 heterocycles. The van der Waals surface area contributed by atoms with Crippen molar-refractivity contribution in [3.8, 4) is 44.5 Å². The van der Waals surface area contributed by atoms with Gasteiger partial charge >= 0.3 is 0 Å². The van der Waals surface area contributed by atoms with Gasteiger partial charge < -0.3 is 9.80 Å². The third-order valence-corrected chi connectivity index (χ3v) is 17.0. The van der Waals surface area contributed by atoms with Crippen LogP contribution in [-0.4, -0.2) is 0 Å². The Morgan fingerprint density at radius 1 is 0.274 bits per heavy atom. The summed E-state index contributed by atoms with van der Waals surface area (Å²) in [5.74, 6) is -0.624. The van der Waals surface area contributed by atoms with Crippen molar-refractivity contribution in [2.75, 3.05) is 9.80 Å². The van der Waals surface area contributed by atoms with Gasteiger partial charge in [0.25, 0.3) is 0 Å². The summed E-state index contributed by atoms with van der Waals surface area (Å²) in [6, 6.07) is 79.9. The highest BCUT2D eigenvalue weighted by atomic mass is 19.1. The standard InChI is InChI=1S/C80H74F2N2/c1-77(2,3)57-27-19-23-53(47-57)63-41-43-65(55-25-21-29-59(49-55)79(7,8)9)75(73(63)81)83(61-31-15-13-16-32-61)69-45-37-51-36-40-68-70(46-38-52-35-39-67(69)71(51)72(52)68)84(62-33-17-14-18-34-62)76-66(56-26-22-30-60(50-56)80(10,11)12)44-42-64(74(76)82)54-24-20-28-58(48-54)78(4,5)6/h13-50H,1-12H3. The Labute approximate surface area is 496 Å². The lowest BCUT2D eigenvalue weighted by Gasteiger charge is -2.32. The number of nitrogens with zero attached hydrogens (tertiary/aromatic N) is 2. The molecule has 0 N–H and O–H groups in total. The smallest absolute Gasteiger partial charge is 0.155 e. The first kappa shape index (κ1) is 55.7. The third kappa shape index (κ3) is 10.2. The van der Waals surface area contributed by atoms with Crippen molar-refractivity contribution in [1.29, 1.82) is 0 Å². The van der Waals surface area contributed by atoms with Crippen LogP contribution < -0.4 is 9.80 Å². The first-order chi connectivity index (χ1) is 40.0. The second-order valence-corrected chi connectivity index (χ2v) is 26.9. The molecule has 0 bridgehead atoms. The topological polar surface area (TPSA) is 6.48 Å². The molecule has 0 saturated heterocycles. The van der Waals surface area contributed by atoms with E-state index in [0.29, 0.717) is 22.5 Å². The molecule has 2 nitrogen and oxygen atoms in total. The molecule has 12 aromatic rings. The summed E-state index contributed by atoms with van der Waals surface area (Å²) in [7, 11) is 0. The maximum atomic E-state index is 18.9. The Morgan fingerprint density at radius 3 is 0.869 bits per heavy atom. The Balaban J connectivity index is 1.14. The first-order valence-electron chi connectivity index (χ1n) is 29.5. The quantitative estimate of drug-likeness (QED) is 0.126. The van der Waals surface area contributed by atoms with E-state index in [1.807, 2.05) is 72.8 Å². The molecule has 12 aromatic carbocycles. The van der Waals surface area contributed by atoms with Gasteiger partial charge in [-0.15, -0.1) is 0 Å². The molecule has 0 atom stereocenters. The van der Waals surface area contributed by atoms with Gasteiger partial charge in [0.2, 0.25) is 0 Å². The summed E-state index contributed by atoms with van der Waals surface area (Å²) < 4.78 is 37.9. The van der Waals surface area contributed by atoms with Crippen molar-refractivity contribution in [1.82, 2.24) is 0 Å². The number of hydrogen-bond acceptors (Lipinski definition) is 2. The second kappa shape index (κ2) is 21.1. The van der Waals surface area contributed by atoms with Crippen LogP contribution in [0, 0.1) is 11.6 Å². The van der Waals surface area contributed by atoms with Crippen molar-refractivity contribution >= 4 is 66.4 Å². The Hall–Kier alpha value is -8.86. The highest BCUT2D eigenvalue weighted by Crippen LogP contribution is 2.53. The fourth-order valence-electron chi connectivity index (χ4n) is 12.2. The maximum absolute atomic E-state index is 18.9. The van der Waals surface area contributed by atoms with Crippen LogP contribution in [0.3, 0.4) is 0 Å². The van der Waals surface area contributed by atoms with E-state index in [2.05, 4.69) is 251 Å². The van der Waals surface area contributed by atoms with Crippen LogP contribution in [0.25, 0.3) is 76.8 Å². The van der Waals surface area contributed by atoms with Gasteiger partial charge in [0.1, 0.15) is 0 Å². The average Bonchev–Trinajstić information content (AvgIpc) is 1.27. The van der Waals surface area contributed by atoms with E-state index in [9.17, 15) is 0 Å². The van der Waals surface area contributed by atoms with Gasteiger partial charge in [-0.25, -0.2) is 8.78 Å². The van der Waals surface area contributed by atoms with Gasteiger partial charge in [-0.05, 0) is 124 Å². The molecular formula is C80H74F2N2. The fourth-order valence-corrected chi connectivity index (χ4v) is 12.2. The zero-order chi connectivity index (χ0) is 59.0. The molecule has 418 valence electrons. The summed E-state index contributed by atoms with van der Waals surface area (Å²) in [5, 5.41) is 6.07. The van der Waals surface area contributed by atoms with Crippen LogP contribution in [0.1, 0.15) is 105 Å². The zero-order valence-corrected chi connectivity index (χ0v) is 50.6. The van der Waals surface area contributed by atoms with Crippen LogP contribution >= 0.6 is 0 Å². The second-order valence-electron chi connectivity index (χ2n) is 26.9. The number of benzene rings is 12. The normalized spacial score (nSPS) is 12.4. The molecule has 4 heteroatoms. The van der Waals surface area contributed by atoms with Crippen LogP contribution in [0.15, 0.2) is 231 Å². The number of rotatable bonds is 10. The zero-order valence-electron chi connectivity index (χ0n) is 50.6. The molecule has 0 amide bonds. The van der Waals surface area contributed by atoms with E-state index < -0.39 is 0 Å². The minimum Gasteiger partial charge on any atom is -0.307 e. The highest BCUT2D eigenvalue weighted by molar-refractivity contribution is 6.28. The SMILES string of the molecule is CC(C)(C)c1cccc(-c2ccc(-c3cccc(C(C)(C)C)c3)c(N(c3ccccc3)c3ccc4ccc5c(N(c6ccccc6)c6c(-c7cccc(C(C)(C)C)c7)ccc(-c7cccc(C(C)(C)C)c7)c6F)ccc6ccc3c4c65)c2F)c1. The molecule has 12 rings (SSSR count). The molecule has 0 aliphatic heterocycles. The summed E-state index contributed by atoms with van der Waals surface area (Å²) in [4.78, 5) is 4.28. The summed E-state index contributed by atoms with van der Waals surface area (Å²) in [6.07, 6.45) is 0. The van der Waals surface area contributed by atoms with E-state index in [-0.39, 0.29) is 33.3 Å². The van der Waals surface area contributed by atoms with Gasteiger partial charge in [0.15, 0.2) is 11.6 Å². The molecule has 0 aliphatic rings. The predicted octanol–water partition coefficient (Wildman–Crippen LogP) is 23.7. The van der Waals surface area contributed by atoms with Crippen LogP contribution in [0.5, 0.6) is 0 Å². The van der Waals surface area contributed by atoms with Crippen molar-refractivity contribution in [2.24, 2.45) is 0 Å². The first-order valence-corrected chi connectivity index (χ1v) is 29.5. The van der Waals surface area contributed by atoms with Gasteiger partial charge in [0, 0.05) is 44.4 Å². The molecule has 0 fully saturated rings. The molecule has 0 aromatic heterocycles. The molecule has 0 aliphatic carbocycles. The minimum atomic E-state index is -0.312. The molecule has 0 radical (unpaired) electrons. The maximum Gasteiger partial charge on any atom is 0.155 e. The molecular weight excluding hydrogens is 1030 g/mol. The van der Waals surface area contributed by atoms with Crippen molar-refractivity contribution in [3.63, 3.8) is 0 Å². The van der Waals surface area contributed by atoms with Gasteiger partial charge in [-0.3, -0.25) is 0 Å². The minimum absolute atomic E-state index is 0.143. The van der Waals surface area contributed by atoms with E-state index >= 15 is 8.78 Å². The van der Waals surface area contributed by atoms with Crippen molar-refractivity contribution < 1.29 is 8.78 Å². The van der Waals surface area contributed by atoms with E-state index in [1.165, 1.54) is 0 Å². The molecule has 0 saturated carbocycles. The summed E-state index contributed by atoms with van der Waals surface area (Å²) >= 11 is 0. The van der Waals surface area contributed by atoms with Crippen molar-refractivity contribution in [3.05, 3.63) is 264 Å². The van der Waals surface area contributed by atoms with Gasteiger partial charge in [-0.1, -0.05) is 277 Å². The van der Waals surface area contributed by atoms with E-state index in [4.69, 9.17) is 0 Å². The van der Waals surface area contributed by atoms with Crippen LogP contribution in [0.4, 0.5) is 42.9 Å². The van der Waals surface area contributed by atoms with E-state index in [1.54, 1.807) is 0 Å². The lowest BCUT2D eigenvalue weighted by Crippen LogP contribution is -2.15. The summed E-state index contributed by atoms with van der Waals surface area (Å²) in [5.41, 5.74) is 14.4. The predicted molar refractivity (Wildman–Crippen MR) is 356 cm³/mol. The highest BCUT2D eigenvalue weighted by Gasteiger charge is 2.31. The number of para-hydroxylation sites is 2. The lowest BCUT2D eigenvalue weighted by molar-refractivity contribution is 0.590. The average molecular weight is 1100 g/mol. The number of hydrogen-bond donors (Lipinski definition) is 0. The summed E-state index contributed by atoms with van der Waals surface area (Å²) in [6.45, 7) is 26.5.